The molecule has 1 aliphatic carbocycles. The lowest BCUT2D eigenvalue weighted by molar-refractivity contribution is 0.215. The summed E-state index contributed by atoms with van der Waals surface area (Å²) in [4.78, 5) is 8.25. The summed E-state index contributed by atoms with van der Waals surface area (Å²) < 4.78 is 0. The summed E-state index contributed by atoms with van der Waals surface area (Å²) >= 11 is 0. The van der Waals surface area contributed by atoms with Crippen LogP contribution in [0.15, 0.2) is 224 Å². The van der Waals surface area contributed by atoms with Gasteiger partial charge in [-0.25, -0.2) is 0 Å². The summed E-state index contributed by atoms with van der Waals surface area (Å²) in [6.07, 6.45) is 4.45. The van der Waals surface area contributed by atoms with E-state index in [1.807, 2.05) is 0 Å². The Labute approximate surface area is 519 Å². The van der Waals surface area contributed by atoms with Crippen molar-refractivity contribution in [3.63, 3.8) is 0 Å². The van der Waals surface area contributed by atoms with Crippen LogP contribution in [0, 0.1) is 0 Å². The second-order valence-electron chi connectivity index (χ2n) is 29.9. The Morgan fingerprint density at radius 2 is 0.805 bits per heavy atom. The molecular formula is C83H84BN3. The molecule has 3 nitrogen and oxygen atoms in total. The van der Waals surface area contributed by atoms with Gasteiger partial charge in [0.25, 0.3) is 6.71 Å². The summed E-state index contributed by atoms with van der Waals surface area (Å²) in [6.45, 7) is 30.7. The van der Waals surface area contributed by atoms with Gasteiger partial charge in [-0.1, -0.05) is 266 Å². The molecule has 0 spiro atoms. The Kier molecular flexibility index (Phi) is 13.2. The number of fused-ring (bicyclic) bond motifs is 7. The third-order valence-corrected chi connectivity index (χ3v) is 20.4. The molecule has 14 rings (SSSR count). The van der Waals surface area contributed by atoms with Crippen LogP contribution < -0.4 is 31.1 Å². The third kappa shape index (κ3) is 9.13. The van der Waals surface area contributed by atoms with Crippen molar-refractivity contribution in [2.24, 2.45) is 0 Å². The molecule has 0 radical (unpaired) electrons. The van der Waals surface area contributed by atoms with Gasteiger partial charge in [-0.3, -0.25) is 0 Å². The fourth-order valence-corrected chi connectivity index (χ4v) is 15.7. The van der Waals surface area contributed by atoms with Gasteiger partial charge in [-0.15, -0.1) is 0 Å². The summed E-state index contributed by atoms with van der Waals surface area (Å²) in [6, 6.07) is 87.6. The second-order valence-corrected chi connectivity index (χ2v) is 29.9. The number of rotatable bonds is 7. The van der Waals surface area contributed by atoms with Crippen molar-refractivity contribution in [2.75, 3.05) is 14.7 Å². The molecule has 0 bridgehead atoms. The van der Waals surface area contributed by atoms with Crippen molar-refractivity contribution in [2.45, 2.75) is 148 Å². The maximum Gasteiger partial charge on any atom is 0.252 e. The first-order chi connectivity index (χ1) is 41.5. The van der Waals surface area contributed by atoms with E-state index < -0.39 is 0 Å². The van der Waals surface area contributed by atoms with E-state index >= 15 is 0 Å². The first-order valence-electron chi connectivity index (χ1n) is 32.1. The zero-order chi connectivity index (χ0) is 60.6. The average Bonchev–Trinajstić information content (AvgIpc) is 1.64. The minimum absolute atomic E-state index is 0.0418. The molecule has 2 unspecified atom stereocenters. The first-order valence-corrected chi connectivity index (χ1v) is 32.1. The standard InChI is InChI=1S/C83H84BN3/c1-78(2,3)59-36-38-60(39-37-59)83-48-26-25-47-82(83,13)87(72-34-24-23-33-67(72)83)64-53-75-77-76(54-64)86(71-45-41-62(80(7,8)9)51-66(71)57-31-21-16-22-32-57)74-49-58(55-27-17-14-18-28-55)35-43-68(74)84(77)69-52-63(81(10,11)12)42-46-73(69)85(75)70-44-40-61(79(4,5)6)50-65(70)56-29-19-15-20-30-56/h14-24,27-46,49-54H,25-26,47-48H2,1-13H3. The number of hydrogen-bond acceptors (Lipinski definition) is 3. The summed E-state index contributed by atoms with van der Waals surface area (Å²) in [5, 5.41) is 0. The monoisotopic (exact) mass is 1130 g/mol. The SMILES string of the molecule is CC(C)(C)c1ccc(C23CCCCC2(C)N(c2cc4c5c(c2)N(c2ccc(C(C)(C)C)cc2-c2ccccc2)c2cc(-c6ccccc6)ccc2B5c2cc(C(C)(C)C)ccc2N4c2ccc(C(C)(C)C)cc2-c2ccccc2)c2ccccc23)cc1. The summed E-state index contributed by atoms with van der Waals surface area (Å²) in [5.41, 5.74) is 28.2. The molecule has 4 aliphatic rings. The molecule has 87 heavy (non-hydrogen) atoms. The van der Waals surface area contributed by atoms with Crippen LogP contribution in [-0.4, -0.2) is 12.3 Å². The molecule has 1 saturated carbocycles. The largest absolute Gasteiger partial charge is 0.334 e. The number of hydrogen-bond donors (Lipinski definition) is 0. The van der Waals surface area contributed by atoms with Gasteiger partial charge in [-0.2, -0.15) is 0 Å². The van der Waals surface area contributed by atoms with E-state index in [2.05, 4.69) is 329 Å². The number of benzene rings is 10. The molecule has 0 aromatic heterocycles. The minimum atomic E-state index is -0.331. The smallest absolute Gasteiger partial charge is 0.252 e. The Morgan fingerprint density at radius 3 is 1.34 bits per heavy atom. The van der Waals surface area contributed by atoms with E-state index in [-0.39, 0.29) is 39.3 Å². The topological polar surface area (TPSA) is 9.72 Å². The number of nitrogens with zero attached hydrogens (tertiary/aromatic N) is 3. The number of para-hydroxylation sites is 1. The van der Waals surface area contributed by atoms with Gasteiger partial charge in [0.2, 0.25) is 0 Å². The highest BCUT2D eigenvalue weighted by molar-refractivity contribution is 7.00. The lowest BCUT2D eigenvalue weighted by atomic mass is 9.33. The molecule has 3 heterocycles. The van der Waals surface area contributed by atoms with Gasteiger partial charge < -0.3 is 14.7 Å². The van der Waals surface area contributed by atoms with E-state index in [4.69, 9.17) is 0 Å². The van der Waals surface area contributed by atoms with Gasteiger partial charge in [0.15, 0.2) is 0 Å². The third-order valence-electron chi connectivity index (χ3n) is 20.4. The predicted molar refractivity (Wildman–Crippen MR) is 374 cm³/mol. The Balaban J connectivity index is 1.15. The molecule has 0 N–H and O–H groups in total. The van der Waals surface area contributed by atoms with Crippen molar-refractivity contribution in [1.29, 1.82) is 0 Å². The van der Waals surface area contributed by atoms with Gasteiger partial charge in [0.05, 0.1) is 16.9 Å². The highest BCUT2D eigenvalue weighted by Gasteiger charge is 2.61. The first kappa shape index (κ1) is 56.5. The van der Waals surface area contributed by atoms with Crippen molar-refractivity contribution >= 4 is 68.6 Å². The molecule has 10 aromatic rings. The Hall–Kier alpha value is -8.34. The fourth-order valence-electron chi connectivity index (χ4n) is 15.7. The zero-order valence-corrected chi connectivity index (χ0v) is 53.6. The molecular weight excluding hydrogens is 1050 g/mol. The zero-order valence-electron chi connectivity index (χ0n) is 53.6. The van der Waals surface area contributed by atoms with Crippen molar-refractivity contribution in [3.8, 4) is 33.4 Å². The van der Waals surface area contributed by atoms with E-state index in [0.29, 0.717) is 0 Å². The van der Waals surface area contributed by atoms with Crippen LogP contribution in [0.5, 0.6) is 0 Å². The van der Waals surface area contributed by atoms with Crippen LogP contribution in [0.1, 0.15) is 149 Å². The van der Waals surface area contributed by atoms with Crippen molar-refractivity contribution in [3.05, 3.63) is 258 Å². The molecule has 434 valence electrons. The quantitative estimate of drug-likeness (QED) is 0.147. The highest BCUT2D eigenvalue weighted by Crippen LogP contribution is 2.65. The second kappa shape index (κ2) is 20.4. The van der Waals surface area contributed by atoms with Gasteiger partial charge >= 0.3 is 0 Å². The molecule has 10 aromatic carbocycles. The predicted octanol–water partition coefficient (Wildman–Crippen LogP) is 20.7. The summed E-state index contributed by atoms with van der Waals surface area (Å²) in [7, 11) is 0. The van der Waals surface area contributed by atoms with Crippen molar-refractivity contribution in [1.82, 2.24) is 0 Å². The van der Waals surface area contributed by atoms with E-state index in [0.717, 1.165) is 24.9 Å². The normalized spacial score (nSPS) is 18.0. The van der Waals surface area contributed by atoms with Crippen LogP contribution in [0.2, 0.25) is 0 Å². The lowest BCUT2D eigenvalue weighted by Crippen LogP contribution is -2.62. The lowest BCUT2D eigenvalue weighted by Gasteiger charge is -2.53. The van der Waals surface area contributed by atoms with Gasteiger partial charge in [0.1, 0.15) is 0 Å². The fraction of sp³-hybridized carbons (Fsp3) is 0.277. The van der Waals surface area contributed by atoms with E-state index in [1.54, 1.807) is 0 Å². The Morgan fingerprint density at radius 1 is 0.345 bits per heavy atom. The van der Waals surface area contributed by atoms with E-state index in [1.165, 1.54) is 129 Å². The Bertz CT molecular complexity index is 4290. The van der Waals surface area contributed by atoms with Crippen LogP contribution in [0.4, 0.5) is 45.5 Å². The molecule has 4 heteroatoms. The van der Waals surface area contributed by atoms with Crippen LogP contribution in [0.3, 0.4) is 0 Å². The maximum atomic E-state index is 2.84. The van der Waals surface area contributed by atoms with Gasteiger partial charge in [-0.05, 0) is 168 Å². The molecule has 3 aliphatic heterocycles. The minimum Gasteiger partial charge on any atom is -0.334 e. The molecule has 2 atom stereocenters. The van der Waals surface area contributed by atoms with E-state index in [9.17, 15) is 0 Å². The highest BCUT2D eigenvalue weighted by atomic mass is 15.3. The van der Waals surface area contributed by atoms with Crippen LogP contribution >= 0.6 is 0 Å². The molecule has 0 saturated heterocycles. The molecule has 1 fully saturated rings. The van der Waals surface area contributed by atoms with Crippen molar-refractivity contribution < 1.29 is 0 Å². The van der Waals surface area contributed by atoms with Gasteiger partial charge in [0, 0.05) is 50.7 Å². The average molecular weight is 1130 g/mol. The maximum absolute atomic E-state index is 2.84. The van der Waals surface area contributed by atoms with Crippen LogP contribution in [-0.2, 0) is 27.1 Å². The number of anilines is 8. The molecule has 0 amide bonds. The van der Waals surface area contributed by atoms with Crippen LogP contribution in [0.25, 0.3) is 33.4 Å². The summed E-state index contributed by atoms with van der Waals surface area (Å²) in [5.74, 6) is 0.